The Morgan fingerprint density at radius 3 is 2.63 bits per heavy atom. The van der Waals surface area contributed by atoms with Crippen LogP contribution < -0.4 is 0 Å². The van der Waals surface area contributed by atoms with Crippen LogP contribution in [0.25, 0.3) is 0 Å². The number of rotatable bonds is 10. The molecule has 6 heteroatoms. The van der Waals surface area contributed by atoms with Crippen molar-refractivity contribution in [2.24, 2.45) is 5.92 Å². The molecule has 2 heterocycles. The molecule has 1 saturated carbocycles. The van der Waals surface area contributed by atoms with E-state index in [2.05, 4.69) is 6.92 Å². The number of amides is 2. The summed E-state index contributed by atoms with van der Waals surface area (Å²) < 4.78 is 11.2. The van der Waals surface area contributed by atoms with Gasteiger partial charge < -0.3 is 19.0 Å². The summed E-state index contributed by atoms with van der Waals surface area (Å²) >= 11 is 0. The molecule has 1 aromatic heterocycles. The number of ether oxygens (including phenoxy) is 1. The second-order valence-corrected chi connectivity index (χ2v) is 7.73. The van der Waals surface area contributed by atoms with Gasteiger partial charge in [0.15, 0.2) is 0 Å². The molecule has 0 aromatic carbocycles. The van der Waals surface area contributed by atoms with Crippen molar-refractivity contribution >= 4 is 11.8 Å². The number of carbonyl (C=O) groups excluding carboxylic acids is 2. The van der Waals surface area contributed by atoms with Gasteiger partial charge in [0.25, 0.3) is 0 Å². The molecule has 1 aliphatic carbocycles. The fourth-order valence-electron chi connectivity index (χ4n) is 3.67. The van der Waals surface area contributed by atoms with Gasteiger partial charge in [-0.15, -0.1) is 0 Å². The van der Waals surface area contributed by atoms with Gasteiger partial charge >= 0.3 is 0 Å². The van der Waals surface area contributed by atoms with Gasteiger partial charge in [0.2, 0.25) is 11.8 Å². The van der Waals surface area contributed by atoms with E-state index in [1.54, 1.807) is 16.1 Å². The van der Waals surface area contributed by atoms with Gasteiger partial charge in [0.05, 0.1) is 25.5 Å². The molecule has 2 amide bonds. The number of nitrogens with zero attached hydrogens (tertiary/aromatic N) is 2. The van der Waals surface area contributed by atoms with Crippen LogP contribution in [0.4, 0.5) is 0 Å². The first-order chi connectivity index (χ1) is 13.2. The van der Waals surface area contributed by atoms with Gasteiger partial charge in [-0.1, -0.05) is 19.8 Å². The lowest BCUT2D eigenvalue weighted by atomic mass is 9.84. The lowest BCUT2D eigenvalue weighted by molar-refractivity contribution is -0.145. The van der Waals surface area contributed by atoms with E-state index in [1.807, 2.05) is 12.1 Å². The summed E-state index contributed by atoms with van der Waals surface area (Å²) in [4.78, 5) is 29.4. The Hall–Kier alpha value is -1.82. The molecule has 1 saturated heterocycles. The van der Waals surface area contributed by atoms with E-state index in [-0.39, 0.29) is 30.4 Å². The van der Waals surface area contributed by atoms with E-state index in [4.69, 9.17) is 9.15 Å². The molecular formula is C21H32N2O4. The normalized spacial score (nSPS) is 19.7. The maximum atomic E-state index is 13.1. The first-order valence-corrected chi connectivity index (χ1v) is 10.4. The van der Waals surface area contributed by atoms with Gasteiger partial charge in [0, 0.05) is 25.6 Å². The van der Waals surface area contributed by atoms with Crippen molar-refractivity contribution in [3.8, 4) is 0 Å². The number of unbranched alkanes of at least 4 members (excludes halogenated alkanes) is 1. The molecule has 1 atom stereocenters. The van der Waals surface area contributed by atoms with E-state index in [0.29, 0.717) is 19.6 Å². The molecule has 2 aliphatic rings. The Balaban J connectivity index is 1.64. The molecule has 0 N–H and O–H groups in total. The smallest absolute Gasteiger partial charge is 0.242 e. The second-order valence-electron chi connectivity index (χ2n) is 7.73. The van der Waals surface area contributed by atoms with Crippen LogP contribution in [0.2, 0.25) is 0 Å². The third-order valence-corrected chi connectivity index (χ3v) is 5.60. The first-order valence-electron chi connectivity index (χ1n) is 10.4. The number of hydrogen-bond donors (Lipinski definition) is 0. The SMILES string of the molecule is CCCCN(CC(=O)N(Cc1ccco1)C[C@H]1CCCO1)C(=O)C1CCC1. The molecule has 27 heavy (non-hydrogen) atoms. The zero-order valence-electron chi connectivity index (χ0n) is 16.4. The summed E-state index contributed by atoms with van der Waals surface area (Å²) in [5.74, 6) is 1.00. The Labute approximate surface area is 161 Å². The van der Waals surface area contributed by atoms with Gasteiger partial charge in [0.1, 0.15) is 5.76 Å². The van der Waals surface area contributed by atoms with Crippen LogP contribution in [-0.2, 0) is 20.9 Å². The number of carbonyl (C=O) groups is 2. The van der Waals surface area contributed by atoms with Crippen molar-refractivity contribution in [2.45, 2.75) is 64.5 Å². The molecule has 0 radical (unpaired) electrons. The Morgan fingerprint density at radius 2 is 2.04 bits per heavy atom. The summed E-state index contributed by atoms with van der Waals surface area (Å²) in [6.45, 7) is 4.66. The van der Waals surface area contributed by atoms with Crippen LogP contribution in [0.3, 0.4) is 0 Å². The minimum atomic E-state index is -0.0225. The van der Waals surface area contributed by atoms with Crippen molar-refractivity contribution in [3.63, 3.8) is 0 Å². The molecule has 150 valence electrons. The van der Waals surface area contributed by atoms with E-state index in [0.717, 1.165) is 57.3 Å². The zero-order valence-corrected chi connectivity index (χ0v) is 16.4. The standard InChI is InChI=1S/C21H32N2O4/c1-2-3-11-22(21(25)17-7-4-8-17)16-20(24)23(14-18-9-5-12-26-18)15-19-10-6-13-27-19/h5,9,12,17,19H,2-4,6-8,10-11,13-16H2,1H3/t19-/m1/s1. The number of furan rings is 1. The fourth-order valence-corrected chi connectivity index (χ4v) is 3.67. The minimum absolute atomic E-state index is 0.0225. The zero-order chi connectivity index (χ0) is 19.1. The second kappa shape index (κ2) is 9.93. The van der Waals surface area contributed by atoms with Crippen LogP contribution >= 0.6 is 0 Å². The van der Waals surface area contributed by atoms with Gasteiger partial charge in [-0.2, -0.15) is 0 Å². The van der Waals surface area contributed by atoms with Crippen LogP contribution in [-0.4, -0.2) is 54.0 Å². The van der Waals surface area contributed by atoms with Crippen LogP contribution in [0.15, 0.2) is 22.8 Å². The highest BCUT2D eigenvalue weighted by Crippen LogP contribution is 2.28. The van der Waals surface area contributed by atoms with E-state index < -0.39 is 0 Å². The van der Waals surface area contributed by atoms with E-state index >= 15 is 0 Å². The molecule has 1 aliphatic heterocycles. The van der Waals surface area contributed by atoms with Crippen molar-refractivity contribution in [1.29, 1.82) is 0 Å². The number of hydrogen-bond acceptors (Lipinski definition) is 4. The summed E-state index contributed by atoms with van der Waals surface area (Å²) in [7, 11) is 0. The Morgan fingerprint density at radius 1 is 1.19 bits per heavy atom. The lowest BCUT2D eigenvalue weighted by Gasteiger charge is -2.33. The quantitative estimate of drug-likeness (QED) is 0.629. The highest BCUT2D eigenvalue weighted by atomic mass is 16.5. The van der Waals surface area contributed by atoms with Crippen molar-refractivity contribution in [3.05, 3.63) is 24.2 Å². The van der Waals surface area contributed by atoms with Gasteiger partial charge in [-0.25, -0.2) is 0 Å². The molecule has 6 nitrogen and oxygen atoms in total. The van der Waals surface area contributed by atoms with Crippen molar-refractivity contribution < 1.29 is 18.7 Å². The summed E-state index contributed by atoms with van der Waals surface area (Å²) in [6, 6.07) is 3.71. The Bertz CT molecular complexity index is 591. The molecule has 0 unspecified atom stereocenters. The van der Waals surface area contributed by atoms with E-state index in [9.17, 15) is 9.59 Å². The summed E-state index contributed by atoms with van der Waals surface area (Å²) in [5, 5.41) is 0. The third-order valence-electron chi connectivity index (χ3n) is 5.60. The Kier molecular flexibility index (Phi) is 7.33. The molecular weight excluding hydrogens is 344 g/mol. The molecule has 0 bridgehead atoms. The molecule has 3 rings (SSSR count). The van der Waals surface area contributed by atoms with Crippen LogP contribution in [0.1, 0.15) is 57.6 Å². The van der Waals surface area contributed by atoms with Gasteiger partial charge in [-0.3, -0.25) is 9.59 Å². The monoisotopic (exact) mass is 376 g/mol. The summed E-state index contributed by atoms with van der Waals surface area (Å²) in [6.07, 6.45) is 8.69. The van der Waals surface area contributed by atoms with Crippen molar-refractivity contribution in [1.82, 2.24) is 9.80 Å². The van der Waals surface area contributed by atoms with E-state index in [1.165, 1.54) is 0 Å². The largest absolute Gasteiger partial charge is 0.467 e. The summed E-state index contributed by atoms with van der Waals surface area (Å²) in [5.41, 5.74) is 0. The first kappa shape index (κ1) is 19.9. The third kappa shape index (κ3) is 5.58. The fraction of sp³-hybridized carbons (Fsp3) is 0.714. The topological polar surface area (TPSA) is 63.0 Å². The van der Waals surface area contributed by atoms with Gasteiger partial charge in [-0.05, 0) is 44.2 Å². The average molecular weight is 376 g/mol. The van der Waals surface area contributed by atoms with Crippen LogP contribution in [0, 0.1) is 5.92 Å². The highest BCUT2D eigenvalue weighted by molar-refractivity contribution is 5.86. The molecule has 0 spiro atoms. The van der Waals surface area contributed by atoms with Crippen LogP contribution in [0.5, 0.6) is 0 Å². The van der Waals surface area contributed by atoms with Crippen molar-refractivity contribution in [2.75, 3.05) is 26.2 Å². The maximum Gasteiger partial charge on any atom is 0.242 e. The predicted octanol–water partition coefficient (Wildman–Crippen LogP) is 3.22. The highest BCUT2D eigenvalue weighted by Gasteiger charge is 2.31. The predicted molar refractivity (Wildman–Crippen MR) is 102 cm³/mol. The average Bonchev–Trinajstić information content (AvgIpc) is 3.30. The molecule has 2 fully saturated rings. The maximum absolute atomic E-state index is 13.1. The minimum Gasteiger partial charge on any atom is -0.467 e. The lowest BCUT2D eigenvalue weighted by Crippen LogP contribution is -2.47. The molecule has 1 aromatic rings.